The summed E-state index contributed by atoms with van der Waals surface area (Å²) in [6.07, 6.45) is 1.32. The maximum atomic E-state index is 10.8. The molecule has 0 fully saturated rings. The van der Waals surface area contributed by atoms with E-state index in [1.807, 2.05) is 19.1 Å². The zero-order chi connectivity index (χ0) is 11.4. The van der Waals surface area contributed by atoms with Crippen molar-refractivity contribution in [2.24, 2.45) is 0 Å². The number of aliphatic carboxylic acids is 1. The fourth-order valence-corrected chi connectivity index (χ4v) is 1.47. The number of carboxylic acids is 1. The van der Waals surface area contributed by atoms with Crippen molar-refractivity contribution < 1.29 is 9.90 Å². The number of aryl methyl sites for hydroxylation is 1. The normalized spacial score (nSPS) is 11.9. The summed E-state index contributed by atoms with van der Waals surface area (Å²) < 4.78 is 0. The lowest BCUT2D eigenvalue weighted by Gasteiger charge is -2.15. The summed E-state index contributed by atoms with van der Waals surface area (Å²) in [5.41, 5.74) is 1.53. The first-order valence-corrected chi connectivity index (χ1v) is 4.81. The Bertz CT molecular complexity index is 370. The second kappa shape index (κ2) is 4.84. The summed E-state index contributed by atoms with van der Waals surface area (Å²) in [7, 11) is 0. The van der Waals surface area contributed by atoms with Crippen LogP contribution in [0.15, 0.2) is 30.9 Å². The van der Waals surface area contributed by atoms with Crippen molar-refractivity contribution in [2.45, 2.75) is 13.0 Å². The van der Waals surface area contributed by atoms with Gasteiger partial charge in [0, 0.05) is 0 Å². The van der Waals surface area contributed by atoms with Gasteiger partial charge in [-0.25, -0.2) is 4.79 Å². The predicted octanol–water partition coefficient (Wildman–Crippen LogP) is 2.70. The van der Waals surface area contributed by atoms with Crippen LogP contribution in [-0.2, 0) is 4.79 Å². The molecule has 1 rings (SSSR count). The zero-order valence-electron chi connectivity index (χ0n) is 8.33. The topological polar surface area (TPSA) is 49.3 Å². The van der Waals surface area contributed by atoms with Gasteiger partial charge < -0.3 is 10.4 Å². The van der Waals surface area contributed by atoms with Gasteiger partial charge in [0.2, 0.25) is 0 Å². The first kappa shape index (κ1) is 11.6. The number of rotatable bonds is 4. The maximum absolute atomic E-state index is 10.8. The van der Waals surface area contributed by atoms with Crippen LogP contribution in [0.25, 0.3) is 0 Å². The Hall–Kier alpha value is -1.48. The van der Waals surface area contributed by atoms with E-state index in [0.717, 1.165) is 5.56 Å². The van der Waals surface area contributed by atoms with Gasteiger partial charge in [-0.1, -0.05) is 29.8 Å². The van der Waals surface area contributed by atoms with Crippen LogP contribution in [0.1, 0.15) is 5.56 Å². The van der Waals surface area contributed by atoms with E-state index < -0.39 is 12.0 Å². The van der Waals surface area contributed by atoms with Crippen molar-refractivity contribution in [3.63, 3.8) is 0 Å². The van der Waals surface area contributed by atoms with Crippen LogP contribution in [0.5, 0.6) is 0 Å². The molecule has 4 heteroatoms. The molecular weight excluding hydrogens is 214 g/mol. The Morgan fingerprint density at radius 1 is 1.67 bits per heavy atom. The van der Waals surface area contributed by atoms with Crippen LogP contribution in [0.4, 0.5) is 5.69 Å². The summed E-state index contributed by atoms with van der Waals surface area (Å²) in [5.74, 6) is -0.982. The Morgan fingerprint density at radius 3 is 2.80 bits per heavy atom. The highest BCUT2D eigenvalue weighted by atomic mass is 35.5. The largest absolute Gasteiger partial charge is 0.479 e. The van der Waals surface area contributed by atoms with E-state index in [-0.39, 0.29) is 0 Å². The third kappa shape index (κ3) is 2.73. The first-order valence-electron chi connectivity index (χ1n) is 4.43. The molecule has 0 saturated carbocycles. The standard InChI is InChI=1S/C11H12ClNO2/c1-3-9(11(14)15)13-10-7(2)5-4-6-8(10)12/h3-6,9,13H,1H2,2H3,(H,14,15). The molecule has 0 aliphatic rings. The van der Waals surface area contributed by atoms with Gasteiger partial charge in [0.15, 0.2) is 0 Å². The third-order valence-electron chi connectivity index (χ3n) is 2.02. The Labute approximate surface area is 93.4 Å². The molecule has 3 nitrogen and oxygen atoms in total. The predicted molar refractivity (Wildman–Crippen MR) is 61.4 cm³/mol. The lowest BCUT2D eigenvalue weighted by Crippen LogP contribution is -2.27. The second-order valence-corrected chi connectivity index (χ2v) is 3.53. The van der Waals surface area contributed by atoms with E-state index in [1.54, 1.807) is 6.07 Å². The van der Waals surface area contributed by atoms with Crippen LogP contribution in [-0.4, -0.2) is 17.1 Å². The van der Waals surface area contributed by atoms with Crippen LogP contribution in [0, 0.1) is 6.92 Å². The van der Waals surface area contributed by atoms with Crippen LogP contribution in [0.3, 0.4) is 0 Å². The molecule has 0 amide bonds. The van der Waals surface area contributed by atoms with E-state index in [9.17, 15) is 4.79 Å². The number of carbonyl (C=O) groups is 1. The minimum atomic E-state index is -0.982. The summed E-state index contributed by atoms with van der Waals surface area (Å²) in [6, 6.07) is 4.55. The summed E-state index contributed by atoms with van der Waals surface area (Å²) >= 11 is 5.95. The highest BCUT2D eigenvalue weighted by Crippen LogP contribution is 2.25. The Kier molecular flexibility index (Phi) is 3.74. The maximum Gasteiger partial charge on any atom is 0.330 e. The van der Waals surface area contributed by atoms with Gasteiger partial charge in [0.25, 0.3) is 0 Å². The first-order chi connectivity index (χ1) is 7.06. The number of anilines is 1. The molecule has 1 atom stereocenters. The summed E-state index contributed by atoms with van der Waals surface area (Å²) in [4.78, 5) is 10.8. The smallest absolute Gasteiger partial charge is 0.330 e. The number of carboxylic acid groups (broad SMARTS) is 1. The number of hydrogen-bond donors (Lipinski definition) is 2. The van der Waals surface area contributed by atoms with E-state index in [1.165, 1.54) is 6.08 Å². The zero-order valence-corrected chi connectivity index (χ0v) is 9.08. The molecule has 0 aliphatic heterocycles. The minimum absolute atomic E-state index is 0.503. The minimum Gasteiger partial charge on any atom is -0.479 e. The lowest BCUT2D eigenvalue weighted by atomic mass is 10.1. The van der Waals surface area contributed by atoms with Crippen LogP contribution < -0.4 is 5.32 Å². The number of hydrogen-bond acceptors (Lipinski definition) is 2. The monoisotopic (exact) mass is 225 g/mol. The molecular formula is C11H12ClNO2. The highest BCUT2D eigenvalue weighted by molar-refractivity contribution is 6.33. The van der Waals surface area contributed by atoms with E-state index in [4.69, 9.17) is 16.7 Å². The number of benzene rings is 1. The fourth-order valence-electron chi connectivity index (χ4n) is 1.19. The van der Waals surface area contributed by atoms with Gasteiger partial charge in [-0.2, -0.15) is 0 Å². The molecule has 1 aromatic rings. The van der Waals surface area contributed by atoms with Crippen LogP contribution in [0.2, 0.25) is 5.02 Å². The molecule has 0 spiro atoms. The highest BCUT2D eigenvalue weighted by Gasteiger charge is 2.14. The lowest BCUT2D eigenvalue weighted by molar-refractivity contribution is -0.136. The molecule has 0 radical (unpaired) electrons. The number of halogens is 1. The van der Waals surface area contributed by atoms with Crippen molar-refractivity contribution in [1.29, 1.82) is 0 Å². The van der Waals surface area contributed by atoms with Gasteiger partial charge in [-0.05, 0) is 18.6 Å². The summed E-state index contributed by atoms with van der Waals surface area (Å²) in [6.45, 7) is 5.31. The molecule has 0 heterocycles. The Balaban J connectivity index is 2.97. The SMILES string of the molecule is C=CC(Nc1c(C)cccc1Cl)C(=O)O. The molecule has 1 aromatic carbocycles. The van der Waals surface area contributed by atoms with Crippen molar-refractivity contribution >= 4 is 23.3 Å². The van der Waals surface area contributed by atoms with Gasteiger partial charge in [0.05, 0.1) is 10.7 Å². The average Bonchev–Trinajstić information content (AvgIpc) is 2.17. The van der Waals surface area contributed by atoms with Crippen molar-refractivity contribution in [2.75, 3.05) is 5.32 Å². The van der Waals surface area contributed by atoms with Gasteiger partial charge in [0.1, 0.15) is 6.04 Å². The fraction of sp³-hybridized carbons (Fsp3) is 0.182. The molecule has 15 heavy (non-hydrogen) atoms. The van der Waals surface area contributed by atoms with Crippen molar-refractivity contribution in [3.8, 4) is 0 Å². The quantitative estimate of drug-likeness (QED) is 0.775. The third-order valence-corrected chi connectivity index (χ3v) is 2.34. The second-order valence-electron chi connectivity index (χ2n) is 3.13. The molecule has 0 bridgehead atoms. The number of nitrogens with one attached hydrogen (secondary N) is 1. The van der Waals surface area contributed by atoms with Gasteiger partial charge in [-0.3, -0.25) is 0 Å². The molecule has 0 aliphatic carbocycles. The molecule has 0 aromatic heterocycles. The molecule has 1 unspecified atom stereocenters. The average molecular weight is 226 g/mol. The van der Waals surface area contributed by atoms with E-state index >= 15 is 0 Å². The molecule has 2 N–H and O–H groups in total. The van der Waals surface area contributed by atoms with Gasteiger partial charge in [-0.15, -0.1) is 6.58 Å². The molecule has 80 valence electrons. The van der Waals surface area contributed by atoms with Crippen molar-refractivity contribution in [3.05, 3.63) is 41.4 Å². The Morgan fingerprint density at radius 2 is 2.33 bits per heavy atom. The summed E-state index contributed by atoms with van der Waals surface area (Å²) in [5, 5.41) is 12.2. The van der Waals surface area contributed by atoms with E-state index in [0.29, 0.717) is 10.7 Å². The number of para-hydroxylation sites is 1. The van der Waals surface area contributed by atoms with Crippen LogP contribution >= 0.6 is 11.6 Å². The van der Waals surface area contributed by atoms with E-state index in [2.05, 4.69) is 11.9 Å². The van der Waals surface area contributed by atoms with Gasteiger partial charge >= 0.3 is 5.97 Å². The molecule has 0 saturated heterocycles. The van der Waals surface area contributed by atoms with Crippen molar-refractivity contribution in [1.82, 2.24) is 0 Å².